The average Bonchev–Trinajstić information content (AvgIpc) is 3.45. The Hall–Kier alpha value is -3.04. The van der Waals surface area contributed by atoms with Crippen molar-refractivity contribution in [2.45, 2.75) is 17.3 Å². The van der Waals surface area contributed by atoms with Gasteiger partial charge in [0.25, 0.3) is 0 Å². The van der Waals surface area contributed by atoms with Crippen molar-refractivity contribution < 1.29 is 23.8 Å². The number of fused-ring (bicyclic) bond motifs is 1. The van der Waals surface area contributed by atoms with Gasteiger partial charge in [-0.3, -0.25) is 9.59 Å². The maximum Gasteiger partial charge on any atom is 0.231 e. The van der Waals surface area contributed by atoms with E-state index in [1.54, 1.807) is 25.3 Å². The molecule has 1 aliphatic rings. The van der Waals surface area contributed by atoms with Crippen LogP contribution in [0.2, 0.25) is 0 Å². The van der Waals surface area contributed by atoms with Crippen LogP contribution in [0, 0.1) is 0 Å². The highest BCUT2D eigenvalue weighted by atomic mass is 32.2. The van der Waals surface area contributed by atoms with Crippen LogP contribution in [-0.2, 0) is 17.8 Å². The Bertz CT molecular complexity index is 1100. The fraction of sp³-hybridized carbons (Fsp3) is 0.227. The van der Waals surface area contributed by atoms with Crippen molar-refractivity contribution in [2.75, 3.05) is 19.7 Å². The lowest BCUT2D eigenvalue weighted by molar-refractivity contribution is -0.120. The molecule has 0 radical (unpaired) electrons. The largest absolute Gasteiger partial charge is 0.497 e. The first-order chi connectivity index (χ1) is 15.1. The monoisotopic (exact) mass is 456 g/mol. The summed E-state index contributed by atoms with van der Waals surface area (Å²) in [7, 11) is 1.61. The normalized spacial score (nSPS) is 11.9. The SMILES string of the molecule is COc1cccc(CNC(=O)Cc2csc(SCC(=O)c3ccc4c(c3)OCO4)n2)c1. The van der Waals surface area contributed by atoms with E-state index in [4.69, 9.17) is 14.2 Å². The number of hydrogen-bond donors (Lipinski definition) is 1. The second-order valence-electron chi connectivity index (χ2n) is 6.69. The van der Waals surface area contributed by atoms with Crippen molar-refractivity contribution in [3.63, 3.8) is 0 Å². The summed E-state index contributed by atoms with van der Waals surface area (Å²) in [6.07, 6.45) is 0.192. The van der Waals surface area contributed by atoms with Gasteiger partial charge in [-0.2, -0.15) is 0 Å². The smallest absolute Gasteiger partial charge is 0.231 e. The number of nitrogens with zero attached hydrogens (tertiary/aromatic N) is 1. The lowest BCUT2D eigenvalue weighted by Crippen LogP contribution is -2.24. The zero-order valence-electron chi connectivity index (χ0n) is 16.8. The van der Waals surface area contributed by atoms with Crippen molar-refractivity contribution in [2.24, 2.45) is 0 Å². The molecule has 0 unspecified atom stereocenters. The molecule has 1 amide bonds. The first kappa shape index (κ1) is 21.2. The number of benzene rings is 2. The molecule has 0 atom stereocenters. The minimum absolute atomic E-state index is 0.0175. The number of ether oxygens (including phenoxy) is 3. The second kappa shape index (κ2) is 9.84. The molecule has 7 nitrogen and oxygen atoms in total. The molecule has 1 N–H and O–H groups in total. The highest BCUT2D eigenvalue weighted by Gasteiger charge is 2.17. The molecule has 160 valence electrons. The van der Waals surface area contributed by atoms with Gasteiger partial charge < -0.3 is 19.5 Å². The van der Waals surface area contributed by atoms with Crippen molar-refractivity contribution in [3.8, 4) is 17.2 Å². The van der Waals surface area contributed by atoms with Crippen molar-refractivity contribution in [3.05, 3.63) is 64.7 Å². The molecule has 1 aromatic heterocycles. The Balaban J connectivity index is 1.25. The molecule has 2 heterocycles. The molecular formula is C22H20N2O5S2. The van der Waals surface area contributed by atoms with Crippen molar-refractivity contribution in [1.82, 2.24) is 10.3 Å². The molecule has 3 aromatic rings. The number of amides is 1. The molecule has 0 bridgehead atoms. The molecule has 0 aliphatic carbocycles. The quantitative estimate of drug-likeness (QED) is 0.388. The fourth-order valence-electron chi connectivity index (χ4n) is 2.93. The Morgan fingerprint density at radius 2 is 2.06 bits per heavy atom. The maximum absolute atomic E-state index is 12.5. The number of hydrogen-bond acceptors (Lipinski definition) is 8. The number of nitrogens with one attached hydrogen (secondary N) is 1. The van der Waals surface area contributed by atoms with Gasteiger partial charge in [-0.05, 0) is 35.9 Å². The molecule has 0 fully saturated rings. The summed E-state index contributed by atoms with van der Waals surface area (Å²) >= 11 is 2.79. The summed E-state index contributed by atoms with van der Waals surface area (Å²) in [5, 5.41) is 4.73. The number of Topliss-reactive ketones (excluding diaryl/α,β-unsaturated/α-hetero) is 1. The van der Waals surface area contributed by atoms with Crippen LogP contribution in [0.3, 0.4) is 0 Å². The standard InChI is InChI=1S/C22H20N2O5S2/c1-27-17-4-2-3-14(7-17)10-23-21(26)9-16-11-30-22(24-16)31-12-18(25)15-5-6-19-20(8-15)29-13-28-19/h2-8,11H,9-10,12-13H2,1H3,(H,23,26). The van der Waals surface area contributed by atoms with E-state index in [0.717, 1.165) is 15.7 Å². The predicted octanol–water partition coefficient (Wildman–Crippen LogP) is 3.71. The first-order valence-corrected chi connectivity index (χ1v) is 11.4. The predicted molar refractivity (Wildman–Crippen MR) is 118 cm³/mol. The summed E-state index contributed by atoms with van der Waals surface area (Å²) in [5.74, 6) is 2.13. The van der Waals surface area contributed by atoms with Gasteiger partial charge in [-0.25, -0.2) is 4.98 Å². The molecule has 0 saturated carbocycles. The lowest BCUT2D eigenvalue weighted by atomic mass is 10.1. The second-order valence-corrected chi connectivity index (χ2v) is 8.77. The van der Waals surface area contributed by atoms with Gasteiger partial charge in [0.2, 0.25) is 12.7 Å². The fourth-order valence-corrected chi connectivity index (χ4v) is 4.67. The van der Waals surface area contributed by atoms with E-state index in [-0.39, 0.29) is 30.7 Å². The number of rotatable bonds is 9. The van der Waals surface area contributed by atoms with E-state index >= 15 is 0 Å². The van der Waals surface area contributed by atoms with Crippen LogP contribution in [0.25, 0.3) is 0 Å². The van der Waals surface area contributed by atoms with Crippen LogP contribution in [0.1, 0.15) is 21.6 Å². The maximum atomic E-state index is 12.5. The van der Waals surface area contributed by atoms with Gasteiger partial charge in [-0.1, -0.05) is 23.9 Å². The average molecular weight is 457 g/mol. The molecule has 9 heteroatoms. The van der Waals surface area contributed by atoms with E-state index in [1.807, 2.05) is 29.6 Å². The van der Waals surface area contributed by atoms with Gasteiger partial charge in [0.15, 0.2) is 21.6 Å². The van der Waals surface area contributed by atoms with Crippen LogP contribution < -0.4 is 19.5 Å². The van der Waals surface area contributed by atoms with Gasteiger partial charge in [-0.15, -0.1) is 11.3 Å². The topological polar surface area (TPSA) is 86.8 Å². The Morgan fingerprint density at radius 1 is 1.19 bits per heavy atom. The summed E-state index contributed by atoms with van der Waals surface area (Å²) in [4.78, 5) is 29.1. The van der Waals surface area contributed by atoms with E-state index in [0.29, 0.717) is 29.3 Å². The van der Waals surface area contributed by atoms with Crippen molar-refractivity contribution >= 4 is 34.8 Å². The van der Waals surface area contributed by atoms with Gasteiger partial charge in [0, 0.05) is 17.5 Å². The Kier molecular flexibility index (Phi) is 6.73. The third kappa shape index (κ3) is 5.56. The highest BCUT2D eigenvalue weighted by Crippen LogP contribution is 2.33. The van der Waals surface area contributed by atoms with E-state index in [1.165, 1.54) is 23.1 Å². The van der Waals surface area contributed by atoms with E-state index < -0.39 is 0 Å². The third-order valence-corrected chi connectivity index (χ3v) is 6.59. The minimum Gasteiger partial charge on any atom is -0.497 e. The molecule has 1 aliphatic heterocycles. The van der Waals surface area contributed by atoms with Crippen LogP contribution in [-0.4, -0.2) is 36.3 Å². The number of ketones is 1. The van der Waals surface area contributed by atoms with E-state index in [2.05, 4.69) is 10.3 Å². The van der Waals surface area contributed by atoms with Crippen LogP contribution in [0.4, 0.5) is 0 Å². The number of thioether (sulfide) groups is 1. The Labute approximate surface area is 187 Å². The van der Waals surface area contributed by atoms with Gasteiger partial charge in [0.1, 0.15) is 5.75 Å². The van der Waals surface area contributed by atoms with E-state index in [9.17, 15) is 9.59 Å². The molecule has 0 saturated heterocycles. The number of carbonyl (C=O) groups is 2. The molecule has 0 spiro atoms. The third-order valence-electron chi connectivity index (χ3n) is 4.52. The van der Waals surface area contributed by atoms with Crippen LogP contribution in [0.5, 0.6) is 17.2 Å². The lowest BCUT2D eigenvalue weighted by Gasteiger charge is -2.06. The number of aromatic nitrogens is 1. The zero-order valence-corrected chi connectivity index (χ0v) is 18.4. The van der Waals surface area contributed by atoms with Gasteiger partial charge in [0.05, 0.1) is 25.0 Å². The first-order valence-electron chi connectivity index (χ1n) is 9.50. The van der Waals surface area contributed by atoms with Crippen LogP contribution >= 0.6 is 23.1 Å². The number of carbonyl (C=O) groups excluding carboxylic acids is 2. The summed E-state index contributed by atoms with van der Waals surface area (Å²) in [6.45, 7) is 0.600. The zero-order chi connectivity index (χ0) is 21.6. The minimum atomic E-state index is -0.110. The van der Waals surface area contributed by atoms with Gasteiger partial charge >= 0.3 is 0 Å². The molecular weight excluding hydrogens is 436 g/mol. The number of methoxy groups -OCH3 is 1. The number of thiazole rings is 1. The summed E-state index contributed by atoms with van der Waals surface area (Å²) in [5.41, 5.74) is 2.22. The van der Waals surface area contributed by atoms with Crippen LogP contribution in [0.15, 0.2) is 52.2 Å². The summed E-state index contributed by atoms with van der Waals surface area (Å²) in [6, 6.07) is 12.7. The molecule has 31 heavy (non-hydrogen) atoms. The highest BCUT2D eigenvalue weighted by molar-refractivity contribution is 8.01. The molecule has 4 rings (SSSR count). The summed E-state index contributed by atoms with van der Waals surface area (Å²) < 4.78 is 16.5. The Morgan fingerprint density at radius 3 is 2.94 bits per heavy atom. The van der Waals surface area contributed by atoms with Crippen molar-refractivity contribution in [1.29, 1.82) is 0 Å². The molecule has 2 aromatic carbocycles.